The summed E-state index contributed by atoms with van der Waals surface area (Å²) in [7, 11) is -0.329. The molecule has 0 nitrogen and oxygen atoms in total. The highest BCUT2D eigenvalue weighted by atomic mass is 31.1. The van der Waals surface area contributed by atoms with Crippen molar-refractivity contribution in [3.05, 3.63) is 72.8 Å². The van der Waals surface area contributed by atoms with Crippen LogP contribution in [0.2, 0.25) is 0 Å². The van der Waals surface area contributed by atoms with Crippen LogP contribution in [0.4, 0.5) is 0 Å². The summed E-state index contributed by atoms with van der Waals surface area (Å²) in [4.78, 5) is 0. The van der Waals surface area contributed by atoms with Crippen molar-refractivity contribution in [2.75, 3.05) is 0 Å². The van der Waals surface area contributed by atoms with Crippen molar-refractivity contribution in [3.8, 4) is 0 Å². The zero-order valence-corrected chi connectivity index (χ0v) is 18.4. The first-order chi connectivity index (χ1) is 15.4. The Morgan fingerprint density at radius 2 is 0.935 bits per heavy atom. The molecule has 0 saturated heterocycles. The fraction of sp³-hybridized carbons (Fsp3) is 0.200. The number of hydrogen-bond acceptors (Lipinski definition) is 0. The van der Waals surface area contributed by atoms with Crippen LogP contribution in [0.3, 0.4) is 0 Å². The Hall–Kier alpha value is -2.82. The van der Waals surface area contributed by atoms with Crippen LogP contribution in [-0.2, 0) is 0 Å². The van der Waals surface area contributed by atoms with E-state index in [2.05, 4.69) is 72.8 Å². The Morgan fingerprint density at radius 3 is 1.42 bits per heavy atom. The van der Waals surface area contributed by atoms with E-state index in [-0.39, 0.29) is 7.53 Å². The molecule has 0 bridgehead atoms. The second-order valence-corrected chi connectivity index (χ2v) is 11.9. The van der Waals surface area contributed by atoms with Crippen molar-refractivity contribution < 1.29 is 0 Å². The van der Waals surface area contributed by atoms with Gasteiger partial charge >= 0.3 is 0 Å². The minimum absolute atomic E-state index is 0.329. The van der Waals surface area contributed by atoms with Crippen LogP contribution >= 0.6 is 7.53 Å². The van der Waals surface area contributed by atoms with E-state index >= 15 is 0 Å². The lowest BCUT2D eigenvalue weighted by Gasteiger charge is -2.23. The molecule has 0 spiro atoms. The lowest BCUT2D eigenvalue weighted by atomic mass is 10.0. The summed E-state index contributed by atoms with van der Waals surface area (Å²) in [6.07, 6.45) is 7.03. The summed E-state index contributed by atoms with van der Waals surface area (Å²) in [6, 6.07) is 27.9. The quantitative estimate of drug-likeness (QED) is 0.251. The van der Waals surface area contributed by atoms with Crippen LogP contribution in [0.1, 0.15) is 37.8 Å². The van der Waals surface area contributed by atoms with Gasteiger partial charge in [0.2, 0.25) is 0 Å². The highest BCUT2D eigenvalue weighted by molar-refractivity contribution is 7.63. The first-order valence-electron chi connectivity index (χ1n) is 11.7. The first kappa shape index (κ1) is 16.8. The molecule has 1 aliphatic carbocycles. The summed E-state index contributed by atoms with van der Waals surface area (Å²) < 4.78 is 0. The van der Waals surface area contributed by atoms with Gasteiger partial charge < -0.3 is 0 Å². The molecule has 0 unspecified atom stereocenters. The van der Waals surface area contributed by atoms with Crippen molar-refractivity contribution >= 4 is 71.6 Å². The molecule has 0 aliphatic heterocycles. The monoisotopic (exact) mass is 414 g/mol. The number of benzene rings is 4. The van der Waals surface area contributed by atoms with Gasteiger partial charge in [-0.1, -0.05) is 92.1 Å². The standard InChI is InChI=1S/C30H23P/c1-2-12-20(13-3-1)31-29-23-16-6-10-18-8-4-14-21(25(18)23)27(29)28-22-15-5-9-19-11-7-17-24(26(19)22)30(28)31/h4-11,14-17,20H,1-3,12-13H2. The van der Waals surface area contributed by atoms with E-state index in [1.54, 1.807) is 31.8 Å². The van der Waals surface area contributed by atoms with Gasteiger partial charge in [-0.15, -0.1) is 7.53 Å². The normalized spacial score (nSPS) is 16.3. The summed E-state index contributed by atoms with van der Waals surface area (Å²) in [5, 5.41) is 18.5. The van der Waals surface area contributed by atoms with Gasteiger partial charge in [-0.3, -0.25) is 0 Å². The molecule has 1 saturated carbocycles. The fourth-order valence-corrected chi connectivity index (χ4v) is 10.5. The van der Waals surface area contributed by atoms with Crippen molar-refractivity contribution in [2.45, 2.75) is 37.8 Å². The minimum atomic E-state index is -0.329. The molecule has 31 heavy (non-hydrogen) atoms. The molecule has 8 rings (SSSR count). The van der Waals surface area contributed by atoms with Crippen LogP contribution in [-0.4, -0.2) is 0 Å². The van der Waals surface area contributed by atoms with E-state index in [0.717, 1.165) is 5.66 Å². The smallest absolute Gasteiger partial charge is 0.0112 e. The predicted molar refractivity (Wildman–Crippen MR) is 139 cm³/mol. The van der Waals surface area contributed by atoms with Gasteiger partial charge in [-0.05, 0) is 61.6 Å². The zero-order chi connectivity index (χ0) is 20.1. The van der Waals surface area contributed by atoms with Gasteiger partial charge in [0.05, 0.1) is 0 Å². The van der Waals surface area contributed by atoms with Crippen molar-refractivity contribution in [2.24, 2.45) is 0 Å². The number of fused-ring (bicyclic) bond motifs is 7. The molecule has 7 aromatic rings. The molecule has 1 aliphatic rings. The molecule has 148 valence electrons. The molecule has 1 aromatic heterocycles. The van der Waals surface area contributed by atoms with Crippen molar-refractivity contribution in [3.63, 3.8) is 0 Å². The number of rotatable bonds is 1. The highest BCUT2D eigenvalue weighted by Crippen LogP contribution is 2.66. The number of hydrogen-bond donors (Lipinski definition) is 0. The van der Waals surface area contributed by atoms with Gasteiger partial charge in [0, 0.05) is 21.0 Å². The minimum Gasteiger partial charge on any atom is -0.104 e. The van der Waals surface area contributed by atoms with Crippen LogP contribution < -0.4 is 0 Å². The largest absolute Gasteiger partial charge is 0.104 e. The van der Waals surface area contributed by atoms with E-state index in [9.17, 15) is 0 Å². The van der Waals surface area contributed by atoms with E-state index < -0.39 is 0 Å². The van der Waals surface area contributed by atoms with Crippen LogP contribution in [0.25, 0.3) is 64.1 Å². The molecule has 1 heterocycles. The average Bonchev–Trinajstić information content (AvgIpc) is 3.44. The maximum absolute atomic E-state index is 2.42. The molecule has 0 atom stereocenters. The molecule has 0 amide bonds. The summed E-state index contributed by atoms with van der Waals surface area (Å²) >= 11 is 0. The van der Waals surface area contributed by atoms with Gasteiger partial charge in [-0.25, -0.2) is 0 Å². The Bertz CT molecular complexity index is 1630. The maximum Gasteiger partial charge on any atom is 0.0112 e. The molecule has 1 heteroatoms. The van der Waals surface area contributed by atoms with E-state index in [1.165, 1.54) is 64.4 Å². The van der Waals surface area contributed by atoms with Gasteiger partial charge in [0.15, 0.2) is 0 Å². The molecule has 1 fully saturated rings. The summed E-state index contributed by atoms with van der Waals surface area (Å²) in [5.41, 5.74) is 0.829. The van der Waals surface area contributed by atoms with Crippen molar-refractivity contribution in [1.29, 1.82) is 0 Å². The van der Waals surface area contributed by atoms with Crippen LogP contribution in [0.5, 0.6) is 0 Å². The summed E-state index contributed by atoms with van der Waals surface area (Å²) in [5.74, 6) is 0. The second kappa shape index (κ2) is 5.90. The third kappa shape index (κ3) is 1.98. The van der Waals surface area contributed by atoms with Gasteiger partial charge in [0.25, 0.3) is 0 Å². The molecule has 6 aromatic carbocycles. The molecular formula is C30H23P. The highest BCUT2D eigenvalue weighted by Gasteiger charge is 2.29. The van der Waals surface area contributed by atoms with E-state index in [1.807, 2.05) is 0 Å². The van der Waals surface area contributed by atoms with Crippen LogP contribution in [0.15, 0.2) is 72.8 Å². The third-order valence-electron chi connectivity index (χ3n) is 8.00. The Morgan fingerprint density at radius 1 is 0.484 bits per heavy atom. The van der Waals surface area contributed by atoms with Gasteiger partial charge in [-0.2, -0.15) is 0 Å². The maximum atomic E-state index is 2.42. The van der Waals surface area contributed by atoms with Crippen LogP contribution in [0, 0.1) is 0 Å². The predicted octanol–water partition coefficient (Wildman–Crippen LogP) is 9.97. The molecular weight excluding hydrogens is 391 g/mol. The molecule has 0 radical (unpaired) electrons. The van der Waals surface area contributed by atoms with Gasteiger partial charge in [0.1, 0.15) is 0 Å². The average molecular weight is 414 g/mol. The molecule has 0 N–H and O–H groups in total. The third-order valence-corrected chi connectivity index (χ3v) is 11.1. The Kier molecular flexibility index (Phi) is 3.20. The Balaban J connectivity index is 1.73. The SMILES string of the molecule is c1cc2cccc3c2c(c1)c1c2c4cccc5cccc(c54)c2p(C2CCCCC2)c31. The second-order valence-electron chi connectivity index (χ2n) is 9.53. The topological polar surface area (TPSA) is 0 Å². The Labute approximate surface area is 182 Å². The fourth-order valence-electron chi connectivity index (χ4n) is 6.84. The van der Waals surface area contributed by atoms with E-state index in [0.29, 0.717) is 0 Å². The van der Waals surface area contributed by atoms with Crippen molar-refractivity contribution in [1.82, 2.24) is 0 Å². The first-order valence-corrected chi connectivity index (χ1v) is 13.2. The lowest BCUT2D eigenvalue weighted by Crippen LogP contribution is -1.97. The van der Waals surface area contributed by atoms with E-state index in [4.69, 9.17) is 0 Å². The lowest BCUT2D eigenvalue weighted by molar-refractivity contribution is 0.489. The summed E-state index contributed by atoms with van der Waals surface area (Å²) in [6.45, 7) is 0. The zero-order valence-electron chi connectivity index (χ0n) is 17.5.